The quantitative estimate of drug-likeness (QED) is 0.0974. The lowest BCUT2D eigenvalue weighted by Gasteiger charge is -2.38. The molecule has 0 aliphatic carbocycles. The third-order valence-electron chi connectivity index (χ3n) is 4.21. The standard InChI is InChI=1S/C18H35N3O10/c1-14-15(22)16(23)17(24)18(31-14)30-13-12-29-11-10-28-9-8-27-7-6-26-5-4-25-3-2-20-21-19/h14-18,22-24H,2-13H2,1H3. The van der Waals surface area contributed by atoms with Gasteiger partial charge in [-0.1, -0.05) is 5.11 Å². The maximum Gasteiger partial charge on any atom is 0.186 e. The van der Waals surface area contributed by atoms with E-state index in [1.807, 2.05) is 0 Å². The summed E-state index contributed by atoms with van der Waals surface area (Å²) in [5, 5.41) is 32.5. The smallest absolute Gasteiger partial charge is 0.186 e. The molecule has 1 saturated heterocycles. The van der Waals surface area contributed by atoms with Gasteiger partial charge in [-0.25, -0.2) is 0 Å². The van der Waals surface area contributed by atoms with Crippen LogP contribution < -0.4 is 0 Å². The molecule has 0 aromatic rings. The predicted molar refractivity (Wildman–Crippen MR) is 106 cm³/mol. The Balaban J connectivity index is 1.80. The molecule has 31 heavy (non-hydrogen) atoms. The Kier molecular flexibility index (Phi) is 16.7. The van der Waals surface area contributed by atoms with Crippen molar-refractivity contribution >= 4 is 0 Å². The number of ether oxygens (including phenoxy) is 7. The minimum atomic E-state index is -1.32. The van der Waals surface area contributed by atoms with Gasteiger partial charge in [0.1, 0.15) is 18.3 Å². The summed E-state index contributed by atoms with van der Waals surface area (Å²) in [6, 6.07) is 0. The van der Waals surface area contributed by atoms with Gasteiger partial charge in [0.2, 0.25) is 0 Å². The molecule has 1 aliphatic rings. The second-order valence-electron chi connectivity index (χ2n) is 6.57. The summed E-state index contributed by atoms with van der Waals surface area (Å²) < 4.78 is 37.2. The van der Waals surface area contributed by atoms with Crippen molar-refractivity contribution in [3.63, 3.8) is 0 Å². The number of aliphatic hydroxyl groups is 3. The summed E-state index contributed by atoms with van der Waals surface area (Å²) in [5.41, 5.74) is 8.09. The monoisotopic (exact) mass is 453 g/mol. The molecule has 0 aromatic carbocycles. The lowest BCUT2D eigenvalue weighted by atomic mass is 10.0. The molecule has 5 atom stereocenters. The second kappa shape index (κ2) is 18.5. The van der Waals surface area contributed by atoms with Gasteiger partial charge in [0.15, 0.2) is 6.29 Å². The first-order valence-electron chi connectivity index (χ1n) is 10.3. The van der Waals surface area contributed by atoms with E-state index in [1.165, 1.54) is 0 Å². The van der Waals surface area contributed by atoms with E-state index in [2.05, 4.69) is 10.0 Å². The Bertz CT molecular complexity index is 484. The van der Waals surface area contributed by atoms with Crippen molar-refractivity contribution in [2.24, 2.45) is 5.11 Å². The Labute approximate surface area is 181 Å². The van der Waals surface area contributed by atoms with Crippen molar-refractivity contribution in [2.75, 3.05) is 79.2 Å². The number of rotatable bonds is 19. The van der Waals surface area contributed by atoms with E-state index in [9.17, 15) is 15.3 Å². The third kappa shape index (κ3) is 13.1. The Morgan fingerprint density at radius 2 is 1.16 bits per heavy atom. The van der Waals surface area contributed by atoms with Crippen molar-refractivity contribution in [2.45, 2.75) is 37.6 Å². The number of aliphatic hydroxyl groups excluding tert-OH is 3. The van der Waals surface area contributed by atoms with Crippen molar-refractivity contribution < 1.29 is 48.5 Å². The molecule has 1 aliphatic heterocycles. The van der Waals surface area contributed by atoms with Crippen LogP contribution in [0, 0.1) is 0 Å². The fourth-order valence-electron chi connectivity index (χ4n) is 2.51. The zero-order valence-corrected chi connectivity index (χ0v) is 17.9. The van der Waals surface area contributed by atoms with Gasteiger partial charge in [-0.15, -0.1) is 0 Å². The van der Waals surface area contributed by atoms with Crippen LogP contribution in [0.4, 0.5) is 0 Å². The molecule has 182 valence electrons. The minimum Gasteiger partial charge on any atom is -0.388 e. The van der Waals surface area contributed by atoms with Gasteiger partial charge >= 0.3 is 0 Å². The number of hydrogen-bond acceptors (Lipinski definition) is 11. The van der Waals surface area contributed by atoms with Crippen molar-refractivity contribution in [1.29, 1.82) is 0 Å². The van der Waals surface area contributed by atoms with E-state index in [0.717, 1.165) is 0 Å². The number of nitrogens with zero attached hydrogens (tertiary/aromatic N) is 3. The van der Waals surface area contributed by atoms with Gasteiger partial charge in [0.25, 0.3) is 0 Å². The lowest BCUT2D eigenvalue weighted by molar-refractivity contribution is -0.294. The largest absolute Gasteiger partial charge is 0.388 e. The molecule has 0 saturated carbocycles. The summed E-state index contributed by atoms with van der Waals surface area (Å²) in [6.45, 7) is 6.17. The number of azide groups is 1. The highest BCUT2D eigenvalue weighted by Crippen LogP contribution is 2.21. The maximum atomic E-state index is 9.82. The minimum absolute atomic E-state index is 0.166. The first kappa shape index (κ1) is 27.9. The Morgan fingerprint density at radius 3 is 1.65 bits per heavy atom. The van der Waals surface area contributed by atoms with E-state index in [0.29, 0.717) is 66.0 Å². The van der Waals surface area contributed by atoms with Crippen LogP contribution in [-0.4, -0.2) is 125 Å². The fourth-order valence-corrected chi connectivity index (χ4v) is 2.51. The normalized spacial score (nSPS) is 26.0. The number of hydrogen-bond donors (Lipinski definition) is 3. The highest BCUT2D eigenvalue weighted by molar-refractivity contribution is 4.87. The van der Waals surface area contributed by atoms with Crippen LogP contribution in [-0.2, 0) is 33.2 Å². The summed E-state index contributed by atoms with van der Waals surface area (Å²) in [7, 11) is 0. The molecule has 0 bridgehead atoms. The summed E-state index contributed by atoms with van der Waals surface area (Å²) in [5.74, 6) is 0. The van der Waals surface area contributed by atoms with E-state index in [4.69, 9.17) is 38.7 Å². The molecule has 1 rings (SSSR count). The van der Waals surface area contributed by atoms with Crippen LogP contribution >= 0.6 is 0 Å². The van der Waals surface area contributed by atoms with Crippen LogP contribution in [0.5, 0.6) is 0 Å². The first-order chi connectivity index (χ1) is 15.1. The molecule has 1 heterocycles. The molecule has 13 nitrogen and oxygen atoms in total. The molecular formula is C18H35N3O10. The summed E-state index contributed by atoms with van der Waals surface area (Å²) in [6.07, 6.45) is -5.43. The van der Waals surface area contributed by atoms with Gasteiger partial charge in [-0.2, -0.15) is 0 Å². The third-order valence-corrected chi connectivity index (χ3v) is 4.21. The molecule has 0 aromatic heterocycles. The van der Waals surface area contributed by atoms with Gasteiger partial charge in [-0.3, -0.25) is 0 Å². The summed E-state index contributed by atoms with van der Waals surface area (Å²) in [4.78, 5) is 2.62. The van der Waals surface area contributed by atoms with E-state index >= 15 is 0 Å². The van der Waals surface area contributed by atoms with Crippen LogP contribution in [0.3, 0.4) is 0 Å². The van der Waals surface area contributed by atoms with Crippen LogP contribution in [0.25, 0.3) is 10.4 Å². The molecule has 0 spiro atoms. The van der Waals surface area contributed by atoms with E-state index < -0.39 is 30.7 Å². The Morgan fingerprint density at radius 1 is 0.710 bits per heavy atom. The highest BCUT2D eigenvalue weighted by Gasteiger charge is 2.42. The fraction of sp³-hybridized carbons (Fsp3) is 1.00. The van der Waals surface area contributed by atoms with Crippen molar-refractivity contribution in [3.8, 4) is 0 Å². The zero-order valence-electron chi connectivity index (χ0n) is 17.9. The molecule has 13 heteroatoms. The summed E-state index contributed by atoms with van der Waals surface area (Å²) >= 11 is 0. The van der Waals surface area contributed by atoms with Crippen LogP contribution in [0.2, 0.25) is 0 Å². The molecule has 0 amide bonds. The van der Waals surface area contributed by atoms with E-state index in [1.54, 1.807) is 6.92 Å². The lowest BCUT2D eigenvalue weighted by Crippen LogP contribution is -2.57. The maximum absolute atomic E-state index is 9.82. The van der Waals surface area contributed by atoms with Crippen molar-refractivity contribution in [3.05, 3.63) is 10.4 Å². The SMILES string of the molecule is CC1OC(OCCOCCOCCOCCOCCOCCN=[N+]=[N-])C(O)C(O)C1O. The first-order valence-corrected chi connectivity index (χ1v) is 10.3. The van der Waals surface area contributed by atoms with Gasteiger partial charge in [0, 0.05) is 11.5 Å². The van der Waals surface area contributed by atoms with Gasteiger partial charge in [0.05, 0.1) is 78.8 Å². The van der Waals surface area contributed by atoms with E-state index in [-0.39, 0.29) is 13.2 Å². The topological polar surface area (TPSA) is 174 Å². The van der Waals surface area contributed by atoms with Crippen molar-refractivity contribution in [1.82, 2.24) is 0 Å². The molecule has 3 N–H and O–H groups in total. The molecule has 5 unspecified atom stereocenters. The van der Waals surface area contributed by atoms with Crippen LogP contribution in [0.15, 0.2) is 5.11 Å². The molecular weight excluding hydrogens is 418 g/mol. The molecule has 0 radical (unpaired) electrons. The zero-order chi connectivity index (χ0) is 22.7. The highest BCUT2D eigenvalue weighted by atomic mass is 16.7. The van der Waals surface area contributed by atoms with Gasteiger partial charge in [-0.05, 0) is 12.5 Å². The van der Waals surface area contributed by atoms with Gasteiger partial charge < -0.3 is 48.5 Å². The average Bonchev–Trinajstić information content (AvgIpc) is 2.77. The predicted octanol–water partition coefficient (Wildman–Crippen LogP) is -0.776. The molecule has 1 fully saturated rings. The van der Waals surface area contributed by atoms with Crippen LogP contribution in [0.1, 0.15) is 6.92 Å². The second-order valence-corrected chi connectivity index (χ2v) is 6.57. The Hall–Kier alpha value is -1.09. The average molecular weight is 453 g/mol.